The highest BCUT2D eigenvalue weighted by molar-refractivity contribution is 5.96. The molecule has 1 aliphatic rings. The molecule has 0 saturated carbocycles. The van der Waals surface area contributed by atoms with E-state index in [1.165, 1.54) is 0 Å². The average Bonchev–Trinajstić information content (AvgIpc) is 2.53. The van der Waals surface area contributed by atoms with E-state index < -0.39 is 0 Å². The summed E-state index contributed by atoms with van der Waals surface area (Å²) >= 11 is 0. The Morgan fingerprint density at radius 1 is 1.30 bits per heavy atom. The van der Waals surface area contributed by atoms with Crippen molar-refractivity contribution < 1.29 is 9.59 Å². The summed E-state index contributed by atoms with van der Waals surface area (Å²) in [6.07, 6.45) is 2.10. The Bertz CT molecular complexity index is 461. The third-order valence-corrected chi connectivity index (χ3v) is 3.62. The fourth-order valence-corrected chi connectivity index (χ4v) is 2.40. The summed E-state index contributed by atoms with van der Waals surface area (Å²) in [5.74, 6) is -0.227. The Balaban J connectivity index is 1.81. The second-order valence-electron chi connectivity index (χ2n) is 5.02. The Hall–Kier alpha value is -1.88. The van der Waals surface area contributed by atoms with E-state index in [1.54, 1.807) is 24.3 Å². The van der Waals surface area contributed by atoms with E-state index in [9.17, 15) is 9.59 Å². The molecule has 1 saturated heterocycles. The molecule has 5 heteroatoms. The molecule has 20 heavy (non-hydrogen) atoms. The maximum absolute atomic E-state index is 12.1. The summed E-state index contributed by atoms with van der Waals surface area (Å²) in [4.78, 5) is 25.8. The van der Waals surface area contributed by atoms with Gasteiger partial charge in [0.15, 0.2) is 0 Å². The molecule has 0 aromatic heterocycles. The highest BCUT2D eigenvalue weighted by Crippen LogP contribution is 2.09. The van der Waals surface area contributed by atoms with E-state index in [0.717, 1.165) is 25.9 Å². The Morgan fingerprint density at radius 3 is 2.75 bits per heavy atom. The molecule has 0 bridgehead atoms. The minimum Gasteiger partial charge on any atom is -0.343 e. The minimum absolute atomic E-state index is 0.0192. The first-order valence-electron chi connectivity index (χ1n) is 6.99. The molecule has 2 amide bonds. The maximum atomic E-state index is 12.1. The number of benzene rings is 1. The molecule has 2 rings (SSSR count). The van der Waals surface area contributed by atoms with Crippen molar-refractivity contribution in [1.82, 2.24) is 15.5 Å². The quantitative estimate of drug-likeness (QED) is 0.847. The van der Waals surface area contributed by atoms with Crippen LogP contribution in [0.2, 0.25) is 0 Å². The lowest BCUT2D eigenvalue weighted by molar-refractivity contribution is -0.131. The molecule has 108 valence electrons. The largest absolute Gasteiger partial charge is 0.343 e. The number of hydrogen-bond acceptors (Lipinski definition) is 3. The number of hydrogen-bond donors (Lipinski definition) is 2. The van der Waals surface area contributed by atoms with Gasteiger partial charge in [-0.2, -0.15) is 0 Å². The van der Waals surface area contributed by atoms with Crippen LogP contribution < -0.4 is 10.6 Å². The van der Waals surface area contributed by atoms with E-state index in [4.69, 9.17) is 0 Å². The molecule has 1 unspecified atom stereocenters. The van der Waals surface area contributed by atoms with Crippen LogP contribution in [0.5, 0.6) is 0 Å². The van der Waals surface area contributed by atoms with Crippen LogP contribution in [0.25, 0.3) is 0 Å². The number of carbonyl (C=O) groups is 2. The predicted octanol–water partition coefficient (Wildman–Crippen LogP) is 0.627. The van der Waals surface area contributed by atoms with Crippen LogP contribution in [0.3, 0.4) is 0 Å². The van der Waals surface area contributed by atoms with Crippen molar-refractivity contribution in [3.8, 4) is 0 Å². The average molecular weight is 275 g/mol. The standard InChI is InChI=1S/C15H21N3O2/c1-16-13-8-5-9-18(11-13)14(19)10-17-15(20)12-6-3-2-4-7-12/h2-4,6-7,13,16H,5,8-11H2,1H3,(H,17,20). The van der Waals surface area contributed by atoms with Crippen molar-refractivity contribution in [1.29, 1.82) is 0 Å². The molecule has 1 aromatic rings. The van der Waals surface area contributed by atoms with Gasteiger partial charge in [0.1, 0.15) is 0 Å². The number of rotatable bonds is 4. The molecule has 5 nitrogen and oxygen atoms in total. The first kappa shape index (κ1) is 14.5. The van der Waals surface area contributed by atoms with Crippen molar-refractivity contribution in [2.45, 2.75) is 18.9 Å². The summed E-state index contributed by atoms with van der Waals surface area (Å²) in [7, 11) is 1.91. The van der Waals surface area contributed by atoms with Crippen molar-refractivity contribution >= 4 is 11.8 Å². The number of likely N-dealkylation sites (N-methyl/N-ethyl adjacent to an activating group) is 1. The third-order valence-electron chi connectivity index (χ3n) is 3.62. The number of nitrogens with one attached hydrogen (secondary N) is 2. The topological polar surface area (TPSA) is 61.4 Å². The Morgan fingerprint density at radius 2 is 2.05 bits per heavy atom. The predicted molar refractivity (Wildman–Crippen MR) is 77.4 cm³/mol. The first-order valence-corrected chi connectivity index (χ1v) is 6.99. The number of likely N-dealkylation sites (tertiary alicyclic amines) is 1. The second-order valence-corrected chi connectivity index (χ2v) is 5.02. The van der Waals surface area contributed by atoms with Crippen molar-refractivity contribution in [3.63, 3.8) is 0 Å². The third kappa shape index (κ3) is 3.81. The molecular formula is C15H21N3O2. The molecule has 0 radical (unpaired) electrons. The van der Waals surface area contributed by atoms with Gasteiger partial charge in [-0.25, -0.2) is 0 Å². The zero-order valence-electron chi connectivity index (χ0n) is 11.8. The normalized spacial score (nSPS) is 18.6. The number of amides is 2. The highest BCUT2D eigenvalue weighted by Gasteiger charge is 2.22. The smallest absolute Gasteiger partial charge is 0.251 e. The lowest BCUT2D eigenvalue weighted by Gasteiger charge is -2.32. The van der Waals surface area contributed by atoms with Crippen LogP contribution in [0.15, 0.2) is 30.3 Å². The number of nitrogens with zero attached hydrogens (tertiary/aromatic N) is 1. The van der Waals surface area contributed by atoms with Gasteiger partial charge in [-0.05, 0) is 32.0 Å². The van der Waals surface area contributed by atoms with Crippen molar-refractivity contribution in [2.24, 2.45) is 0 Å². The van der Waals surface area contributed by atoms with E-state index in [1.807, 2.05) is 18.0 Å². The van der Waals surface area contributed by atoms with Crippen molar-refractivity contribution in [3.05, 3.63) is 35.9 Å². The fourth-order valence-electron chi connectivity index (χ4n) is 2.40. The van der Waals surface area contributed by atoms with Crippen LogP contribution in [-0.4, -0.2) is 49.4 Å². The summed E-state index contributed by atoms with van der Waals surface area (Å²) in [5.41, 5.74) is 0.576. The Labute approximate surface area is 119 Å². The van der Waals surface area contributed by atoms with Gasteiger partial charge in [-0.3, -0.25) is 9.59 Å². The summed E-state index contributed by atoms with van der Waals surface area (Å²) < 4.78 is 0. The molecule has 1 heterocycles. The van der Waals surface area contributed by atoms with E-state index in [0.29, 0.717) is 11.6 Å². The van der Waals surface area contributed by atoms with Gasteiger partial charge in [0.2, 0.25) is 5.91 Å². The maximum Gasteiger partial charge on any atom is 0.251 e. The van der Waals surface area contributed by atoms with Gasteiger partial charge >= 0.3 is 0 Å². The molecular weight excluding hydrogens is 254 g/mol. The molecule has 0 spiro atoms. The fraction of sp³-hybridized carbons (Fsp3) is 0.467. The number of carbonyl (C=O) groups excluding carboxylic acids is 2. The molecule has 1 aromatic carbocycles. The van der Waals surface area contributed by atoms with E-state index >= 15 is 0 Å². The molecule has 2 N–H and O–H groups in total. The van der Waals surface area contributed by atoms with E-state index in [2.05, 4.69) is 10.6 Å². The second kappa shape index (κ2) is 7.05. The SMILES string of the molecule is CNC1CCCN(C(=O)CNC(=O)c2ccccc2)C1. The van der Waals surface area contributed by atoms with Crippen LogP contribution in [0, 0.1) is 0 Å². The van der Waals surface area contributed by atoms with Gasteiger partial charge in [-0.1, -0.05) is 18.2 Å². The molecule has 0 aliphatic carbocycles. The van der Waals surface area contributed by atoms with Crippen LogP contribution in [0.4, 0.5) is 0 Å². The monoisotopic (exact) mass is 275 g/mol. The van der Waals surface area contributed by atoms with Gasteiger partial charge < -0.3 is 15.5 Å². The van der Waals surface area contributed by atoms with Gasteiger partial charge in [0.25, 0.3) is 5.91 Å². The van der Waals surface area contributed by atoms with Gasteiger partial charge in [0, 0.05) is 24.7 Å². The lowest BCUT2D eigenvalue weighted by Crippen LogP contribution is -2.49. The molecule has 1 atom stereocenters. The van der Waals surface area contributed by atoms with Gasteiger partial charge in [-0.15, -0.1) is 0 Å². The molecule has 1 fully saturated rings. The summed E-state index contributed by atoms with van der Waals surface area (Å²) in [5, 5.41) is 5.88. The van der Waals surface area contributed by atoms with Gasteiger partial charge in [0.05, 0.1) is 6.54 Å². The van der Waals surface area contributed by atoms with Crippen LogP contribution in [-0.2, 0) is 4.79 Å². The zero-order valence-corrected chi connectivity index (χ0v) is 11.8. The van der Waals surface area contributed by atoms with Crippen molar-refractivity contribution in [2.75, 3.05) is 26.7 Å². The zero-order chi connectivity index (χ0) is 14.4. The summed E-state index contributed by atoms with van der Waals surface area (Å²) in [6, 6.07) is 9.29. The Kier molecular flexibility index (Phi) is 5.12. The summed E-state index contributed by atoms with van der Waals surface area (Å²) in [6.45, 7) is 1.55. The minimum atomic E-state index is -0.207. The lowest BCUT2D eigenvalue weighted by atomic mass is 10.1. The van der Waals surface area contributed by atoms with E-state index in [-0.39, 0.29) is 18.4 Å². The number of piperidine rings is 1. The first-order chi connectivity index (χ1) is 9.70. The highest BCUT2D eigenvalue weighted by atomic mass is 16.2. The van der Waals surface area contributed by atoms with Crippen LogP contribution in [0.1, 0.15) is 23.2 Å². The molecule has 1 aliphatic heterocycles. The van der Waals surface area contributed by atoms with Crippen LogP contribution >= 0.6 is 0 Å².